The lowest BCUT2D eigenvalue weighted by Gasteiger charge is -2.26. The number of ether oxygens (including phenoxy) is 1. The lowest BCUT2D eigenvalue weighted by molar-refractivity contribution is -0.129. The summed E-state index contributed by atoms with van der Waals surface area (Å²) in [4.78, 5) is 34.1. The molecule has 0 aliphatic carbocycles. The van der Waals surface area contributed by atoms with E-state index in [-0.39, 0.29) is 6.54 Å². The third-order valence-electron chi connectivity index (χ3n) is 5.38. The second kappa shape index (κ2) is 8.67. The minimum atomic E-state index is -0.737. The Kier molecular flexibility index (Phi) is 5.79. The number of primary amides is 1. The van der Waals surface area contributed by atoms with Crippen molar-refractivity contribution in [3.8, 4) is 17.3 Å². The minimum Gasteiger partial charge on any atom is -0.408 e. The lowest BCUT2D eigenvalue weighted by Crippen LogP contribution is -2.45. The molecule has 0 radical (unpaired) electrons. The van der Waals surface area contributed by atoms with Crippen LogP contribution in [0.2, 0.25) is 0 Å². The van der Waals surface area contributed by atoms with Gasteiger partial charge in [0.1, 0.15) is 18.0 Å². The molecule has 0 saturated carbocycles. The summed E-state index contributed by atoms with van der Waals surface area (Å²) in [6.45, 7) is 1.30. The number of nitriles is 1. The molecular formula is C21H22N6O4. The first kappa shape index (κ1) is 20.7. The van der Waals surface area contributed by atoms with Crippen LogP contribution in [0.25, 0.3) is 22.4 Å². The predicted molar refractivity (Wildman–Crippen MR) is 111 cm³/mol. The van der Waals surface area contributed by atoms with Gasteiger partial charge >= 0.3 is 5.76 Å². The van der Waals surface area contributed by atoms with Crippen molar-refractivity contribution in [2.24, 2.45) is 12.8 Å². The third kappa shape index (κ3) is 4.33. The average molecular weight is 422 g/mol. The SMILES string of the molecule is Cn1c(=O)oc2ccc(-c3ccnc(C[C@@H](C#N)N4CCCO[C@H](C(N)=O)C4)n3)cc21. The average Bonchev–Trinajstić information content (AvgIpc) is 2.94. The van der Waals surface area contributed by atoms with Gasteiger partial charge in [0, 0.05) is 44.9 Å². The Balaban J connectivity index is 1.57. The van der Waals surface area contributed by atoms with Gasteiger partial charge in [-0.3, -0.25) is 14.3 Å². The molecule has 4 rings (SSSR count). The zero-order valence-electron chi connectivity index (χ0n) is 17.0. The number of fused-ring (bicyclic) bond motifs is 1. The van der Waals surface area contributed by atoms with Crippen LogP contribution in [0.15, 0.2) is 39.7 Å². The zero-order chi connectivity index (χ0) is 22.0. The molecule has 10 nitrogen and oxygen atoms in total. The van der Waals surface area contributed by atoms with Gasteiger partial charge in [-0.25, -0.2) is 14.8 Å². The standard InChI is InChI=1S/C21H22N6O4/c1-26-16-9-13(3-4-17(16)31-21(26)29)15-5-6-24-19(25-15)10-14(11-22)27-7-2-8-30-18(12-27)20(23)28/h3-6,9,14,18H,2,7-8,10,12H2,1H3,(H2,23,28)/t14-,18-/m0/s1. The molecule has 1 aromatic carbocycles. The maximum Gasteiger partial charge on any atom is 0.419 e. The molecule has 31 heavy (non-hydrogen) atoms. The summed E-state index contributed by atoms with van der Waals surface area (Å²) in [6.07, 6.45) is 1.90. The summed E-state index contributed by atoms with van der Waals surface area (Å²) in [6, 6.07) is 8.92. The molecule has 2 aromatic heterocycles. The van der Waals surface area contributed by atoms with Crippen molar-refractivity contribution < 1.29 is 13.9 Å². The molecule has 3 heterocycles. The molecule has 2 N–H and O–H groups in total. The molecule has 10 heteroatoms. The Bertz CT molecular complexity index is 1210. The Labute approximate surface area is 177 Å². The fourth-order valence-electron chi connectivity index (χ4n) is 3.68. The topological polar surface area (TPSA) is 140 Å². The number of benzene rings is 1. The number of hydrogen-bond donors (Lipinski definition) is 1. The van der Waals surface area contributed by atoms with E-state index in [1.54, 1.807) is 25.4 Å². The molecular weight excluding hydrogens is 400 g/mol. The molecule has 2 atom stereocenters. The first-order valence-corrected chi connectivity index (χ1v) is 9.92. The first-order valence-electron chi connectivity index (χ1n) is 9.92. The van der Waals surface area contributed by atoms with Crippen LogP contribution in [0.5, 0.6) is 0 Å². The van der Waals surface area contributed by atoms with E-state index in [0.717, 1.165) is 5.56 Å². The molecule has 1 aliphatic rings. The number of amides is 1. The number of oxazole rings is 1. The second-order valence-electron chi connectivity index (χ2n) is 7.43. The largest absolute Gasteiger partial charge is 0.419 e. The number of aryl methyl sites for hydroxylation is 1. The van der Waals surface area contributed by atoms with Crippen LogP contribution in [-0.4, -0.2) is 57.2 Å². The normalized spacial score (nSPS) is 18.4. The smallest absolute Gasteiger partial charge is 0.408 e. The van der Waals surface area contributed by atoms with Crippen molar-refractivity contribution in [1.82, 2.24) is 19.4 Å². The van der Waals surface area contributed by atoms with Gasteiger partial charge in [0.15, 0.2) is 5.58 Å². The highest BCUT2D eigenvalue weighted by atomic mass is 16.5. The van der Waals surface area contributed by atoms with Gasteiger partial charge in [-0.05, 0) is 30.7 Å². The summed E-state index contributed by atoms with van der Waals surface area (Å²) >= 11 is 0. The minimum absolute atomic E-state index is 0.262. The number of hydrogen-bond acceptors (Lipinski definition) is 8. The van der Waals surface area contributed by atoms with Crippen molar-refractivity contribution >= 4 is 17.0 Å². The molecule has 3 aromatic rings. The van der Waals surface area contributed by atoms with Crippen molar-refractivity contribution in [1.29, 1.82) is 5.26 Å². The van der Waals surface area contributed by atoms with Gasteiger partial charge in [0.05, 0.1) is 17.3 Å². The summed E-state index contributed by atoms with van der Waals surface area (Å²) in [5.74, 6) is -0.458. The molecule has 0 spiro atoms. The van der Waals surface area contributed by atoms with Crippen LogP contribution in [0.3, 0.4) is 0 Å². The van der Waals surface area contributed by atoms with Gasteiger partial charge in [-0.15, -0.1) is 0 Å². The van der Waals surface area contributed by atoms with E-state index in [4.69, 9.17) is 14.9 Å². The van der Waals surface area contributed by atoms with Gasteiger partial charge in [0.2, 0.25) is 5.91 Å². The molecule has 0 bridgehead atoms. The number of aromatic nitrogens is 3. The van der Waals surface area contributed by atoms with Gasteiger partial charge in [-0.2, -0.15) is 5.26 Å². The fraction of sp³-hybridized carbons (Fsp3) is 0.381. The quantitative estimate of drug-likeness (QED) is 0.630. The van der Waals surface area contributed by atoms with Crippen LogP contribution in [0.1, 0.15) is 12.2 Å². The summed E-state index contributed by atoms with van der Waals surface area (Å²) in [5, 5.41) is 9.75. The Morgan fingerprint density at radius 3 is 3.03 bits per heavy atom. The summed E-state index contributed by atoms with van der Waals surface area (Å²) in [7, 11) is 1.64. The number of rotatable bonds is 5. The second-order valence-corrected chi connectivity index (χ2v) is 7.43. The van der Waals surface area contributed by atoms with Crippen molar-refractivity contribution in [2.75, 3.05) is 19.7 Å². The predicted octanol–water partition coefficient (Wildman–Crippen LogP) is 0.599. The molecule has 1 fully saturated rings. The Morgan fingerprint density at radius 1 is 1.42 bits per heavy atom. The van der Waals surface area contributed by atoms with Crippen LogP contribution < -0.4 is 11.5 Å². The maximum atomic E-state index is 11.7. The van der Waals surface area contributed by atoms with Crippen LogP contribution in [0.4, 0.5) is 0 Å². The zero-order valence-corrected chi connectivity index (χ0v) is 17.0. The maximum absolute atomic E-state index is 11.7. The molecule has 1 amide bonds. The van der Waals surface area contributed by atoms with E-state index in [0.29, 0.717) is 48.6 Å². The molecule has 0 unspecified atom stereocenters. The van der Waals surface area contributed by atoms with E-state index < -0.39 is 23.8 Å². The highest BCUT2D eigenvalue weighted by Gasteiger charge is 2.28. The van der Waals surface area contributed by atoms with Crippen LogP contribution in [0, 0.1) is 11.3 Å². The molecule has 1 aliphatic heterocycles. The van der Waals surface area contributed by atoms with E-state index >= 15 is 0 Å². The summed E-state index contributed by atoms with van der Waals surface area (Å²) < 4.78 is 12.1. The number of carbonyl (C=O) groups is 1. The van der Waals surface area contributed by atoms with Gasteiger partial charge in [-0.1, -0.05) is 0 Å². The lowest BCUT2D eigenvalue weighted by atomic mass is 10.1. The number of nitrogens with zero attached hydrogens (tertiary/aromatic N) is 5. The Morgan fingerprint density at radius 2 is 2.26 bits per heavy atom. The highest BCUT2D eigenvalue weighted by Crippen LogP contribution is 2.22. The monoisotopic (exact) mass is 422 g/mol. The summed E-state index contributed by atoms with van der Waals surface area (Å²) in [5.41, 5.74) is 8.05. The van der Waals surface area contributed by atoms with Crippen LogP contribution >= 0.6 is 0 Å². The third-order valence-corrected chi connectivity index (χ3v) is 5.38. The van der Waals surface area contributed by atoms with Gasteiger partial charge in [0.25, 0.3) is 0 Å². The van der Waals surface area contributed by atoms with Gasteiger partial charge < -0.3 is 14.9 Å². The molecule has 1 saturated heterocycles. The van der Waals surface area contributed by atoms with E-state index in [9.17, 15) is 14.9 Å². The van der Waals surface area contributed by atoms with Crippen molar-refractivity contribution in [3.05, 3.63) is 46.8 Å². The number of carbonyl (C=O) groups excluding carboxylic acids is 1. The van der Waals surface area contributed by atoms with Crippen molar-refractivity contribution in [2.45, 2.75) is 25.0 Å². The fourth-order valence-corrected chi connectivity index (χ4v) is 3.68. The molecule has 160 valence electrons. The number of nitrogens with two attached hydrogens (primary N) is 1. The highest BCUT2D eigenvalue weighted by molar-refractivity contribution is 5.80. The van der Waals surface area contributed by atoms with E-state index in [1.165, 1.54) is 4.57 Å². The van der Waals surface area contributed by atoms with Crippen molar-refractivity contribution in [3.63, 3.8) is 0 Å². The Hall–Kier alpha value is -3.55. The first-order chi connectivity index (χ1) is 15.0. The van der Waals surface area contributed by atoms with E-state index in [2.05, 4.69) is 16.0 Å². The van der Waals surface area contributed by atoms with E-state index in [1.807, 2.05) is 17.0 Å². The van der Waals surface area contributed by atoms with Crippen LogP contribution in [-0.2, 0) is 23.0 Å².